The lowest BCUT2D eigenvalue weighted by atomic mass is 9.97. The van der Waals surface area contributed by atoms with Gasteiger partial charge in [-0.05, 0) is 57.9 Å². The van der Waals surface area contributed by atoms with Crippen LogP contribution in [0.15, 0.2) is 138 Å². The van der Waals surface area contributed by atoms with E-state index in [1.165, 1.54) is 41.7 Å². The van der Waals surface area contributed by atoms with Crippen molar-refractivity contribution >= 4 is 85.9 Å². The largest absolute Gasteiger partial charge is 0.455 e. The number of hydrogen-bond donors (Lipinski definition) is 0. The molecule has 0 N–H and O–H groups in total. The minimum atomic E-state index is 0.665. The Bertz CT molecular complexity index is 2780. The fourth-order valence-electron chi connectivity index (χ4n) is 6.82. The predicted molar refractivity (Wildman–Crippen MR) is 186 cm³/mol. The number of thiophene rings is 1. The van der Waals surface area contributed by atoms with E-state index in [1.54, 1.807) is 0 Å². The Hall–Kier alpha value is -5.58. The molecule has 0 saturated carbocycles. The first-order chi connectivity index (χ1) is 21.8. The molecule has 0 unspecified atom stereocenters. The van der Waals surface area contributed by atoms with Gasteiger partial charge in [0, 0.05) is 41.9 Å². The van der Waals surface area contributed by atoms with Gasteiger partial charge in [0.05, 0.1) is 16.8 Å². The summed E-state index contributed by atoms with van der Waals surface area (Å²) < 4.78 is 8.96. The van der Waals surface area contributed by atoms with Crippen LogP contribution in [0.3, 0.4) is 0 Å². The van der Waals surface area contributed by atoms with Crippen LogP contribution in [0.5, 0.6) is 0 Å². The van der Waals surface area contributed by atoms with Crippen LogP contribution in [0.2, 0.25) is 0 Å². The van der Waals surface area contributed by atoms with Crippen LogP contribution in [0.4, 0.5) is 0 Å². The number of aromatic nitrogens is 2. The molecule has 4 heteroatoms. The van der Waals surface area contributed by atoms with Crippen molar-refractivity contribution in [2.24, 2.45) is 0 Å². The third-order valence-electron chi connectivity index (χ3n) is 8.86. The van der Waals surface area contributed by atoms with E-state index < -0.39 is 0 Å². The molecule has 0 radical (unpaired) electrons. The van der Waals surface area contributed by atoms with E-state index in [9.17, 15) is 0 Å². The van der Waals surface area contributed by atoms with Gasteiger partial charge in [0.15, 0.2) is 5.82 Å². The van der Waals surface area contributed by atoms with Crippen LogP contribution in [0.25, 0.3) is 97.2 Å². The number of benzene rings is 7. The zero-order valence-electron chi connectivity index (χ0n) is 23.4. The molecule has 0 aliphatic rings. The highest BCUT2D eigenvalue weighted by Crippen LogP contribution is 2.44. The van der Waals surface area contributed by atoms with Gasteiger partial charge in [-0.3, -0.25) is 0 Å². The van der Waals surface area contributed by atoms with Crippen molar-refractivity contribution in [2.45, 2.75) is 0 Å². The Morgan fingerprint density at radius 3 is 2.09 bits per heavy atom. The monoisotopic (exact) mass is 578 g/mol. The lowest BCUT2D eigenvalue weighted by Crippen LogP contribution is -1.96. The van der Waals surface area contributed by atoms with E-state index in [2.05, 4.69) is 121 Å². The van der Waals surface area contributed by atoms with Crippen LogP contribution in [-0.2, 0) is 0 Å². The van der Waals surface area contributed by atoms with Gasteiger partial charge in [-0.2, -0.15) is 0 Å². The zero-order chi connectivity index (χ0) is 28.8. The Morgan fingerprint density at radius 2 is 1.18 bits per heavy atom. The SMILES string of the molecule is c1ccc2cc3c(cc2c1)sc1ccc2c(-c4cccc5ccccc45)nc(-c4cccc5c4oc4ccccc45)nc2c13. The molecule has 0 spiro atoms. The highest BCUT2D eigenvalue weighted by Gasteiger charge is 2.20. The van der Waals surface area contributed by atoms with Crippen molar-refractivity contribution in [1.82, 2.24) is 9.97 Å². The maximum atomic E-state index is 6.48. The molecule has 10 aromatic rings. The van der Waals surface area contributed by atoms with Gasteiger partial charge in [-0.15, -0.1) is 11.3 Å². The quantitative estimate of drug-likeness (QED) is 0.205. The van der Waals surface area contributed by atoms with E-state index in [-0.39, 0.29) is 0 Å². The summed E-state index contributed by atoms with van der Waals surface area (Å²) in [5.41, 5.74) is 5.55. The number of nitrogens with zero attached hydrogens (tertiary/aromatic N) is 2. The van der Waals surface area contributed by atoms with Gasteiger partial charge in [-0.1, -0.05) is 97.1 Å². The molecule has 204 valence electrons. The van der Waals surface area contributed by atoms with Crippen LogP contribution < -0.4 is 0 Å². The first kappa shape index (κ1) is 23.9. The number of rotatable bonds is 2. The summed E-state index contributed by atoms with van der Waals surface area (Å²) in [4.78, 5) is 10.8. The van der Waals surface area contributed by atoms with E-state index in [4.69, 9.17) is 14.4 Å². The fourth-order valence-corrected chi connectivity index (χ4v) is 7.96. The molecule has 0 atom stereocenters. The molecule has 0 saturated heterocycles. The normalized spacial score (nSPS) is 12.1. The van der Waals surface area contributed by atoms with E-state index in [0.717, 1.165) is 49.7 Å². The summed E-state index contributed by atoms with van der Waals surface area (Å²) in [6.07, 6.45) is 0. The summed E-state index contributed by atoms with van der Waals surface area (Å²) in [5.74, 6) is 0.665. The lowest BCUT2D eigenvalue weighted by molar-refractivity contribution is 0.669. The third-order valence-corrected chi connectivity index (χ3v) is 9.98. The average molecular weight is 579 g/mol. The van der Waals surface area contributed by atoms with Gasteiger partial charge in [0.2, 0.25) is 0 Å². The summed E-state index contributed by atoms with van der Waals surface area (Å²) in [7, 11) is 0. The molecule has 44 heavy (non-hydrogen) atoms. The zero-order valence-corrected chi connectivity index (χ0v) is 24.2. The second kappa shape index (κ2) is 8.96. The minimum Gasteiger partial charge on any atom is -0.455 e. The third kappa shape index (κ3) is 3.37. The smallest absolute Gasteiger partial charge is 0.164 e. The summed E-state index contributed by atoms with van der Waals surface area (Å²) in [6, 6.07) is 47.1. The van der Waals surface area contributed by atoms with Crippen molar-refractivity contribution in [3.63, 3.8) is 0 Å². The first-order valence-electron chi connectivity index (χ1n) is 14.7. The van der Waals surface area contributed by atoms with Crippen molar-refractivity contribution in [2.75, 3.05) is 0 Å². The molecule has 7 aromatic carbocycles. The highest BCUT2D eigenvalue weighted by atomic mass is 32.1. The van der Waals surface area contributed by atoms with Crippen molar-refractivity contribution < 1.29 is 4.42 Å². The molecular formula is C40H22N2OS. The molecule has 10 rings (SSSR count). The maximum Gasteiger partial charge on any atom is 0.164 e. The molecular weight excluding hydrogens is 557 g/mol. The van der Waals surface area contributed by atoms with Crippen LogP contribution >= 0.6 is 11.3 Å². The van der Waals surface area contributed by atoms with Gasteiger partial charge < -0.3 is 4.42 Å². The number of fused-ring (bicyclic) bond motifs is 10. The molecule has 3 heterocycles. The summed E-state index contributed by atoms with van der Waals surface area (Å²) >= 11 is 1.82. The fraction of sp³-hybridized carbons (Fsp3) is 0. The average Bonchev–Trinajstić information content (AvgIpc) is 3.64. The van der Waals surface area contributed by atoms with Crippen LogP contribution in [-0.4, -0.2) is 9.97 Å². The van der Waals surface area contributed by atoms with Gasteiger partial charge >= 0.3 is 0 Å². The van der Waals surface area contributed by atoms with E-state index in [1.807, 2.05) is 23.5 Å². The van der Waals surface area contributed by atoms with Crippen molar-refractivity contribution in [3.8, 4) is 22.6 Å². The Balaban J connectivity index is 1.38. The second-order valence-electron chi connectivity index (χ2n) is 11.3. The van der Waals surface area contributed by atoms with E-state index in [0.29, 0.717) is 5.82 Å². The Labute approximate surface area is 255 Å². The lowest BCUT2D eigenvalue weighted by Gasteiger charge is -2.13. The molecule has 0 bridgehead atoms. The van der Waals surface area contributed by atoms with Crippen molar-refractivity contribution in [1.29, 1.82) is 0 Å². The summed E-state index contributed by atoms with van der Waals surface area (Å²) in [5, 5.41) is 10.4. The van der Waals surface area contributed by atoms with Gasteiger partial charge in [-0.25, -0.2) is 9.97 Å². The Morgan fingerprint density at radius 1 is 0.477 bits per heavy atom. The number of para-hydroxylation sites is 2. The highest BCUT2D eigenvalue weighted by molar-refractivity contribution is 7.26. The topological polar surface area (TPSA) is 38.9 Å². The molecule has 0 aliphatic carbocycles. The maximum absolute atomic E-state index is 6.48. The second-order valence-corrected chi connectivity index (χ2v) is 12.4. The van der Waals surface area contributed by atoms with Crippen molar-refractivity contribution in [3.05, 3.63) is 133 Å². The van der Waals surface area contributed by atoms with Crippen LogP contribution in [0.1, 0.15) is 0 Å². The molecule has 0 fully saturated rings. The van der Waals surface area contributed by atoms with E-state index >= 15 is 0 Å². The summed E-state index contributed by atoms with van der Waals surface area (Å²) in [6.45, 7) is 0. The minimum absolute atomic E-state index is 0.665. The molecule has 0 aliphatic heterocycles. The molecule has 3 nitrogen and oxygen atoms in total. The predicted octanol–water partition coefficient (Wildman–Crippen LogP) is 11.5. The number of hydrogen-bond acceptors (Lipinski definition) is 4. The molecule has 3 aromatic heterocycles. The Kier molecular flexibility index (Phi) is 4.87. The van der Waals surface area contributed by atoms with Gasteiger partial charge in [0.1, 0.15) is 11.2 Å². The standard InChI is InChI=1S/C40H22N2OS/c1-2-11-25-22-35-32(21-24(25)10-1)36-34(44-35)20-19-30-37(28-15-7-12-23-9-3-4-13-26(23)28)41-40(42-38(30)36)31-17-8-16-29-27-14-5-6-18-33(27)43-39(29)31/h1-22H. The molecule has 0 amide bonds. The number of furan rings is 1. The van der Waals surface area contributed by atoms with Crippen LogP contribution in [0, 0.1) is 0 Å². The first-order valence-corrected chi connectivity index (χ1v) is 15.6. The van der Waals surface area contributed by atoms with Gasteiger partial charge in [0.25, 0.3) is 0 Å².